The molecule has 0 radical (unpaired) electrons. The summed E-state index contributed by atoms with van der Waals surface area (Å²) in [5.74, 6) is 0.651. The van der Waals surface area contributed by atoms with Crippen LogP contribution in [0.2, 0.25) is 5.02 Å². The summed E-state index contributed by atoms with van der Waals surface area (Å²) in [6.07, 6.45) is 1.94. The molecule has 0 bridgehead atoms. The lowest BCUT2D eigenvalue weighted by atomic mass is 10.2. The third-order valence-corrected chi connectivity index (χ3v) is 3.84. The molecule has 1 atom stereocenters. The molecule has 0 aliphatic carbocycles. The van der Waals surface area contributed by atoms with E-state index in [1.807, 2.05) is 42.5 Å². The first-order chi connectivity index (χ1) is 8.74. The average Bonchev–Trinajstić information content (AvgIpc) is 2.39. The minimum absolute atomic E-state index is 0.388. The first-order valence-electron chi connectivity index (χ1n) is 5.70. The number of rotatable bonds is 5. The summed E-state index contributed by atoms with van der Waals surface area (Å²) in [4.78, 5) is 5.31. The summed E-state index contributed by atoms with van der Waals surface area (Å²) in [6, 6.07) is 13.4. The molecule has 0 saturated heterocycles. The van der Waals surface area contributed by atoms with Crippen molar-refractivity contribution in [1.29, 1.82) is 0 Å². The summed E-state index contributed by atoms with van der Waals surface area (Å²) in [5, 5.41) is 10.7. The molecule has 0 amide bonds. The van der Waals surface area contributed by atoms with Crippen molar-refractivity contribution in [2.75, 3.05) is 5.75 Å². The third-order valence-electron chi connectivity index (χ3n) is 2.43. The van der Waals surface area contributed by atoms with Crippen LogP contribution in [-0.4, -0.2) is 21.9 Å². The Morgan fingerprint density at radius 2 is 1.94 bits per heavy atom. The highest BCUT2D eigenvalue weighted by molar-refractivity contribution is 7.99. The summed E-state index contributed by atoms with van der Waals surface area (Å²) in [6.45, 7) is 0. The topological polar surface area (TPSA) is 33.1 Å². The van der Waals surface area contributed by atoms with Gasteiger partial charge in [-0.2, -0.15) is 0 Å². The number of hydrogen-bond donors (Lipinski definition) is 1. The largest absolute Gasteiger partial charge is 0.392 e. The molecule has 1 N–H and O–H groups in total. The van der Waals surface area contributed by atoms with Crippen molar-refractivity contribution in [1.82, 2.24) is 4.98 Å². The van der Waals surface area contributed by atoms with Crippen molar-refractivity contribution >= 4 is 23.4 Å². The second-order valence-corrected chi connectivity index (χ2v) is 5.47. The Morgan fingerprint density at radius 3 is 2.61 bits per heavy atom. The predicted molar refractivity (Wildman–Crippen MR) is 76.1 cm³/mol. The van der Waals surface area contributed by atoms with Crippen molar-refractivity contribution in [3.05, 3.63) is 59.4 Å². The minimum atomic E-state index is -0.388. The van der Waals surface area contributed by atoms with Gasteiger partial charge in [-0.25, -0.2) is 0 Å². The Labute approximate surface area is 116 Å². The summed E-state index contributed by atoms with van der Waals surface area (Å²) in [7, 11) is 0. The van der Waals surface area contributed by atoms with Gasteiger partial charge in [0.05, 0.1) is 6.10 Å². The number of halogens is 1. The maximum atomic E-state index is 9.93. The van der Waals surface area contributed by atoms with E-state index in [0.29, 0.717) is 12.2 Å². The zero-order valence-electron chi connectivity index (χ0n) is 9.79. The molecule has 94 valence electrons. The standard InChI is InChI=1S/C14H14ClNOS/c15-11-4-6-14(7-5-11)18-10-13(17)9-12-3-1-2-8-16-12/h1-8,13,17H,9-10H2. The molecule has 1 unspecified atom stereocenters. The molecule has 0 aliphatic rings. The van der Waals surface area contributed by atoms with Crippen LogP contribution in [0.4, 0.5) is 0 Å². The number of hydrogen-bond acceptors (Lipinski definition) is 3. The van der Waals surface area contributed by atoms with Crippen LogP contribution in [0, 0.1) is 0 Å². The molecule has 1 aromatic carbocycles. The Morgan fingerprint density at radius 1 is 1.17 bits per heavy atom. The van der Waals surface area contributed by atoms with Crippen molar-refractivity contribution in [3.8, 4) is 0 Å². The number of aliphatic hydroxyl groups is 1. The van der Waals surface area contributed by atoms with Gasteiger partial charge in [-0.1, -0.05) is 17.7 Å². The van der Waals surface area contributed by atoms with Crippen LogP contribution in [0.1, 0.15) is 5.69 Å². The highest BCUT2D eigenvalue weighted by atomic mass is 35.5. The van der Waals surface area contributed by atoms with Crippen LogP contribution in [0.3, 0.4) is 0 Å². The number of thioether (sulfide) groups is 1. The zero-order valence-corrected chi connectivity index (χ0v) is 11.4. The molecule has 0 aliphatic heterocycles. The normalized spacial score (nSPS) is 12.3. The molecular formula is C14H14ClNOS. The fraction of sp³-hybridized carbons (Fsp3) is 0.214. The van der Waals surface area contributed by atoms with Crippen LogP contribution in [0.15, 0.2) is 53.6 Å². The van der Waals surface area contributed by atoms with Crippen molar-refractivity contribution in [3.63, 3.8) is 0 Å². The fourth-order valence-electron chi connectivity index (χ4n) is 1.54. The summed E-state index contributed by atoms with van der Waals surface area (Å²) >= 11 is 7.43. The van der Waals surface area contributed by atoms with Crippen molar-refractivity contribution < 1.29 is 5.11 Å². The smallest absolute Gasteiger partial charge is 0.0689 e. The lowest BCUT2D eigenvalue weighted by molar-refractivity contribution is 0.199. The van der Waals surface area contributed by atoms with E-state index < -0.39 is 0 Å². The Hall–Kier alpha value is -1.03. The van der Waals surface area contributed by atoms with E-state index in [-0.39, 0.29) is 6.10 Å². The van der Waals surface area contributed by atoms with Gasteiger partial charge in [0.1, 0.15) is 0 Å². The van der Waals surface area contributed by atoms with Gasteiger partial charge in [0.2, 0.25) is 0 Å². The molecule has 0 fully saturated rings. The molecule has 0 spiro atoms. The van der Waals surface area contributed by atoms with Crippen molar-refractivity contribution in [2.24, 2.45) is 0 Å². The molecule has 2 rings (SSSR count). The number of nitrogens with zero attached hydrogens (tertiary/aromatic N) is 1. The third kappa shape index (κ3) is 4.33. The Bertz CT molecular complexity index is 475. The van der Waals surface area contributed by atoms with Gasteiger partial charge in [0, 0.05) is 34.0 Å². The van der Waals surface area contributed by atoms with E-state index in [1.54, 1.807) is 18.0 Å². The predicted octanol–water partition coefficient (Wildman–Crippen LogP) is 3.43. The first kappa shape index (κ1) is 13.4. The van der Waals surface area contributed by atoms with Crippen LogP contribution in [0.25, 0.3) is 0 Å². The minimum Gasteiger partial charge on any atom is -0.392 e. The zero-order chi connectivity index (χ0) is 12.8. The lowest BCUT2D eigenvalue weighted by Crippen LogP contribution is -2.14. The van der Waals surface area contributed by atoms with Crippen LogP contribution in [-0.2, 0) is 6.42 Å². The molecular weight excluding hydrogens is 266 g/mol. The number of aliphatic hydroxyl groups excluding tert-OH is 1. The molecule has 1 aromatic heterocycles. The van der Waals surface area contributed by atoms with Gasteiger partial charge in [0.25, 0.3) is 0 Å². The van der Waals surface area contributed by atoms with Gasteiger partial charge in [-0.3, -0.25) is 4.98 Å². The van der Waals surface area contributed by atoms with E-state index in [4.69, 9.17) is 11.6 Å². The molecule has 2 nitrogen and oxygen atoms in total. The van der Waals surface area contributed by atoms with Gasteiger partial charge >= 0.3 is 0 Å². The second-order valence-electron chi connectivity index (χ2n) is 3.94. The number of aromatic nitrogens is 1. The van der Waals surface area contributed by atoms with E-state index in [0.717, 1.165) is 15.6 Å². The van der Waals surface area contributed by atoms with Crippen LogP contribution < -0.4 is 0 Å². The van der Waals surface area contributed by atoms with Crippen molar-refractivity contribution in [2.45, 2.75) is 17.4 Å². The van der Waals surface area contributed by atoms with E-state index in [9.17, 15) is 5.11 Å². The SMILES string of the molecule is OC(CSc1ccc(Cl)cc1)Cc1ccccn1. The highest BCUT2D eigenvalue weighted by Crippen LogP contribution is 2.21. The molecule has 4 heteroatoms. The fourth-order valence-corrected chi connectivity index (χ4v) is 2.50. The number of pyridine rings is 1. The van der Waals surface area contributed by atoms with E-state index in [1.165, 1.54) is 0 Å². The molecule has 18 heavy (non-hydrogen) atoms. The van der Waals surface area contributed by atoms with E-state index >= 15 is 0 Å². The monoisotopic (exact) mass is 279 g/mol. The first-order valence-corrected chi connectivity index (χ1v) is 7.07. The summed E-state index contributed by atoms with van der Waals surface area (Å²) < 4.78 is 0. The van der Waals surface area contributed by atoms with Gasteiger partial charge < -0.3 is 5.11 Å². The lowest BCUT2D eigenvalue weighted by Gasteiger charge is -2.09. The quantitative estimate of drug-likeness (QED) is 0.851. The molecule has 2 aromatic rings. The Kier molecular flexibility index (Phi) is 5.05. The van der Waals surface area contributed by atoms with Crippen LogP contribution in [0.5, 0.6) is 0 Å². The maximum absolute atomic E-state index is 9.93. The molecule has 0 saturated carbocycles. The second kappa shape index (κ2) is 6.78. The Balaban J connectivity index is 1.81. The van der Waals surface area contributed by atoms with Gasteiger partial charge in [-0.05, 0) is 36.4 Å². The molecule has 1 heterocycles. The average molecular weight is 280 g/mol. The van der Waals surface area contributed by atoms with Gasteiger partial charge in [-0.15, -0.1) is 11.8 Å². The van der Waals surface area contributed by atoms with E-state index in [2.05, 4.69) is 4.98 Å². The summed E-state index contributed by atoms with van der Waals surface area (Å²) in [5.41, 5.74) is 0.918. The van der Waals surface area contributed by atoms with Crippen LogP contribution >= 0.6 is 23.4 Å². The maximum Gasteiger partial charge on any atom is 0.0689 e. The highest BCUT2D eigenvalue weighted by Gasteiger charge is 2.07. The van der Waals surface area contributed by atoms with Gasteiger partial charge in [0.15, 0.2) is 0 Å². The number of benzene rings is 1.